The number of carbonyl (C=O) groups excluding carboxylic acids is 2. The van der Waals surface area contributed by atoms with Gasteiger partial charge in [0.1, 0.15) is 19.3 Å². The van der Waals surface area contributed by atoms with Gasteiger partial charge in [0, 0.05) is 19.0 Å². The maximum absolute atomic E-state index is 13.2. The van der Waals surface area contributed by atoms with Gasteiger partial charge in [-0.05, 0) is 49.9 Å². The Labute approximate surface area is 184 Å². The molecule has 0 fully saturated rings. The molecule has 2 atom stereocenters. The van der Waals surface area contributed by atoms with Crippen molar-refractivity contribution in [1.82, 2.24) is 10.2 Å². The van der Waals surface area contributed by atoms with Gasteiger partial charge in [-0.25, -0.2) is 0 Å². The van der Waals surface area contributed by atoms with Gasteiger partial charge < -0.3 is 19.7 Å². The maximum Gasteiger partial charge on any atom is 0.242 e. The molecule has 0 aromatic heterocycles. The summed E-state index contributed by atoms with van der Waals surface area (Å²) in [4.78, 5) is 27.6. The highest BCUT2D eigenvalue weighted by atomic mass is 16.6. The second-order valence-electron chi connectivity index (χ2n) is 7.98. The molecule has 1 aliphatic rings. The lowest BCUT2D eigenvalue weighted by molar-refractivity contribution is -0.140. The van der Waals surface area contributed by atoms with Crippen LogP contribution in [0.2, 0.25) is 0 Å². The Bertz CT molecular complexity index is 884. The molecule has 2 aromatic carbocycles. The molecule has 0 saturated carbocycles. The number of amides is 2. The van der Waals surface area contributed by atoms with Crippen LogP contribution in [0.1, 0.15) is 44.7 Å². The summed E-state index contributed by atoms with van der Waals surface area (Å²) >= 11 is 0. The molecule has 0 saturated heterocycles. The lowest BCUT2D eigenvalue weighted by atomic mass is 10.1. The first kappa shape index (κ1) is 22.7. The number of hydrogen-bond acceptors (Lipinski definition) is 4. The third kappa shape index (κ3) is 6.23. The Morgan fingerprint density at radius 1 is 1.00 bits per heavy atom. The summed E-state index contributed by atoms with van der Waals surface area (Å²) in [6.45, 7) is 7.27. The Hall–Kier alpha value is -3.02. The molecule has 1 heterocycles. The van der Waals surface area contributed by atoms with E-state index in [2.05, 4.69) is 5.32 Å². The minimum atomic E-state index is -0.554. The van der Waals surface area contributed by atoms with Gasteiger partial charge in [0.15, 0.2) is 11.5 Å². The van der Waals surface area contributed by atoms with E-state index in [1.54, 1.807) is 11.8 Å². The molecule has 0 spiro atoms. The van der Waals surface area contributed by atoms with Crippen LogP contribution in [-0.2, 0) is 22.6 Å². The van der Waals surface area contributed by atoms with Crippen molar-refractivity contribution in [2.24, 2.45) is 0 Å². The van der Waals surface area contributed by atoms with Crippen LogP contribution < -0.4 is 14.8 Å². The van der Waals surface area contributed by atoms with E-state index in [0.717, 1.165) is 29.0 Å². The fourth-order valence-corrected chi connectivity index (χ4v) is 3.47. The Balaban J connectivity index is 1.69. The normalized spacial score (nSPS) is 14.4. The average Bonchev–Trinajstić information content (AvgIpc) is 2.80. The highest BCUT2D eigenvalue weighted by molar-refractivity contribution is 5.87. The third-order valence-electron chi connectivity index (χ3n) is 5.60. The SMILES string of the molecule is CC[C@H](C)NC(=O)[C@H](C)N(Cc1ccccc1)C(=O)CCc1ccc2c(c1)OCCO2. The number of nitrogens with zero attached hydrogens (tertiary/aromatic N) is 1. The van der Waals surface area contributed by atoms with Gasteiger partial charge in [0.25, 0.3) is 0 Å². The van der Waals surface area contributed by atoms with Gasteiger partial charge in [0.2, 0.25) is 11.8 Å². The number of fused-ring (bicyclic) bond motifs is 1. The minimum Gasteiger partial charge on any atom is -0.486 e. The molecular weight excluding hydrogens is 392 g/mol. The molecule has 1 N–H and O–H groups in total. The van der Waals surface area contributed by atoms with Crippen LogP contribution in [-0.4, -0.2) is 42.0 Å². The predicted molar refractivity (Wildman–Crippen MR) is 120 cm³/mol. The largest absolute Gasteiger partial charge is 0.486 e. The number of ether oxygens (including phenoxy) is 2. The summed E-state index contributed by atoms with van der Waals surface area (Å²) in [6.07, 6.45) is 1.73. The van der Waals surface area contributed by atoms with Crippen molar-refractivity contribution in [2.45, 2.75) is 58.7 Å². The molecule has 2 amide bonds. The van der Waals surface area contributed by atoms with E-state index in [9.17, 15) is 9.59 Å². The minimum absolute atomic E-state index is 0.0504. The molecule has 0 unspecified atom stereocenters. The van der Waals surface area contributed by atoms with E-state index in [1.165, 1.54) is 0 Å². The van der Waals surface area contributed by atoms with Gasteiger partial charge >= 0.3 is 0 Å². The van der Waals surface area contributed by atoms with E-state index in [-0.39, 0.29) is 17.9 Å². The summed E-state index contributed by atoms with van der Waals surface area (Å²) in [6, 6.07) is 15.1. The zero-order chi connectivity index (χ0) is 22.2. The molecule has 2 aromatic rings. The highest BCUT2D eigenvalue weighted by Crippen LogP contribution is 2.31. The first-order valence-electron chi connectivity index (χ1n) is 11.0. The molecule has 31 heavy (non-hydrogen) atoms. The first-order chi connectivity index (χ1) is 15.0. The number of aryl methyl sites for hydroxylation is 1. The zero-order valence-corrected chi connectivity index (χ0v) is 18.6. The molecule has 166 valence electrons. The van der Waals surface area contributed by atoms with Crippen LogP contribution in [0.3, 0.4) is 0 Å². The molecule has 0 radical (unpaired) electrons. The predicted octanol–water partition coefficient (Wildman–Crippen LogP) is 3.72. The number of carbonyl (C=O) groups is 2. The van der Waals surface area contributed by atoms with Crippen LogP contribution in [0.15, 0.2) is 48.5 Å². The van der Waals surface area contributed by atoms with Crippen LogP contribution in [0, 0.1) is 0 Å². The lowest BCUT2D eigenvalue weighted by Gasteiger charge is -2.30. The molecular formula is C25H32N2O4. The van der Waals surface area contributed by atoms with Crippen molar-refractivity contribution in [2.75, 3.05) is 13.2 Å². The van der Waals surface area contributed by atoms with Crippen LogP contribution in [0.25, 0.3) is 0 Å². The van der Waals surface area contributed by atoms with Crippen molar-refractivity contribution in [1.29, 1.82) is 0 Å². The Morgan fingerprint density at radius 2 is 1.71 bits per heavy atom. The third-order valence-corrected chi connectivity index (χ3v) is 5.60. The zero-order valence-electron chi connectivity index (χ0n) is 18.6. The average molecular weight is 425 g/mol. The number of rotatable bonds is 9. The van der Waals surface area contributed by atoms with Crippen molar-refractivity contribution >= 4 is 11.8 Å². The summed E-state index contributed by atoms with van der Waals surface area (Å²) in [5, 5.41) is 3.00. The summed E-state index contributed by atoms with van der Waals surface area (Å²) in [5.41, 5.74) is 2.01. The van der Waals surface area contributed by atoms with Gasteiger partial charge in [-0.15, -0.1) is 0 Å². The second-order valence-corrected chi connectivity index (χ2v) is 7.98. The smallest absolute Gasteiger partial charge is 0.242 e. The van der Waals surface area contributed by atoms with Crippen molar-refractivity contribution < 1.29 is 19.1 Å². The van der Waals surface area contributed by atoms with Gasteiger partial charge in [-0.2, -0.15) is 0 Å². The van der Waals surface area contributed by atoms with E-state index >= 15 is 0 Å². The Kier molecular flexibility index (Phi) is 7.93. The molecule has 0 bridgehead atoms. The van der Waals surface area contributed by atoms with E-state index in [1.807, 2.05) is 62.4 Å². The lowest BCUT2D eigenvalue weighted by Crippen LogP contribution is -2.49. The molecule has 3 rings (SSSR count). The van der Waals surface area contributed by atoms with Crippen molar-refractivity contribution in [3.05, 3.63) is 59.7 Å². The molecule has 6 heteroatoms. The topological polar surface area (TPSA) is 67.9 Å². The van der Waals surface area contributed by atoms with Crippen LogP contribution in [0.4, 0.5) is 0 Å². The highest BCUT2D eigenvalue weighted by Gasteiger charge is 2.26. The Morgan fingerprint density at radius 3 is 2.42 bits per heavy atom. The van der Waals surface area contributed by atoms with Crippen LogP contribution in [0.5, 0.6) is 11.5 Å². The second kappa shape index (κ2) is 10.8. The monoisotopic (exact) mass is 424 g/mol. The standard InChI is InChI=1S/C25H32N2O4/c1-4-18(2)26-25(29)19(3)27(17-21-8-6-5-7-9-21)24(28)13-11-20-10-12-22-23(16-20)31-15-14-30-22/h5-10,12,16,18-19H,4,11,13-15,17H2,1-3H3,(H,26,29)/t18-,19-/m0/s1. The number of benzene rings is 2. The quantitative estimate of drug-likeness (QED) is 0.666. The van der Waals surface area contributed by atoms with Gasteiger partial charge in [-0.1, -0.05) is 43.3 Å². The molecule has 0 aliphatic carbocycles. The first-order valence-corrected chi connectivity index (χ1v) is 11.0. The summed E-state index contributed by atoms with van der Waals surface area (Å²) in [7, 11) is 0. The maximum atomic E-state index is 13.2. The van der Waals surface area contributed by atoms with Crippen molar-refractivity contribution in [3.63, 3.8) is 0 Å². The van der Waals surface area contributed by atoms with E-state index < -0.39 is 6.04 Å². The van der Waals surface area contributed by atoms with Gasteiger partial charge in [0.05, 0.1) is 0 Å². The van der Waals surface area contributed by atoms with Crippen molar-refractivity contribution in [3.8, 4) is 11.5 Å². The van der Waals surface area contributed by atoms with E-state index in [4.69, 9.17) is 9.47 Å². The van der Waals surface area contributed by atoms with Gasteiger partial charge in [-0.3, -0.25) is 9.59 Å². The fourth-order valence-electron chi connectivity index (χ4n) is 3.47. The van der Waals surface area contributed by atoms with Crippen LogP contribution >= 0.6 is 0 Å². The fraction of sp³-hybridized carbons (Fsp3) is 0.440. The number of nitrogens with one attached hydrogen (secondary N) is 1. The van der Waals surface area contributed by atoms with E-state index in [0.29, 0.717) is 32.6 Å². The molecule has 6 nitrogen and oxygen atoms in total. The number of hydrogen-bond donors (Lipinski definition) is 1. The molecule has 1 aliphatic heterocycles. The summed E-state index contributed by atoms with van der Waals surface area (Å²) < 4.78 is 11.2. The summed E-state index contributed by atoms with van der Waals surface area (Å²) in [5.74, 6) is 1.28.